The number of nitrogens with zero attached hydrogens (tertiary/aromatic N) is 2. The molecule has 0 saturated carbocycles. The van der Waals surface area contributed by atoms with E-state index < -0.39 is 5.97 Å². The fourth-order valence-electron chi connectivity index (χ4n) is 5.44. The zero-order valence-electron chi connectivity index (χ0n) is 26.0. The van der Waals surface area contributed by atoms with E-state index in [1.807, 2.05) is 61.5 Å². The van der Waals surface area contributed by atoms with Gasteiger partial charge in [0.25, 0.3) is 0 Å². The molecule has 0 spiro atoms. The number of pyridine rings is 1. The van der Waals surface area contributed by atoms with Crippen LogP contribution in [0.1, 0.15) is 17.3 Å². The van der Waals surface area contributed by atoms with E-state index in [1.165, 1.54) is 4.90 Å². The first-order valence-corrected chi connectivity index (χ1v) is 17.6. The van der Waals surface area contributed by atoms with Gasteiger partial charge >= 0.3 is 5.97 Å². The van der Waals surface area contributed by atoms with Gasteiger partial charge in [-0.1, -0.05) is 72.8 Å². The molecule has 0 bridgehead atoms. The maximum atomic E-state index is 13.8. The SMILES string of the molecule is CCOC(=O)c1c(-c2ccc(N(c3ccccc3)c3ccccc3)cc2)cc(-c2ccc(SC)cc2)nc1-c1ccc(SC)cc1. The minimum absolute atomic E-state index is 0.267. The lowest BCUT2D eigenvalue weighted by atomic mass is 9.93. The van der Waals surface area contributed by atoms with Crippen LogP contribution in [0.4, 0.5) is 17.1 Å². The first kappa shape index (κ1) is 31.2. The van der Waals surface area contributed by atoms with Crippen molar-refractivity contribution in [2.24, 2.45) is 0 Å². The molecule has 0 radical (unpaired) electrons. The van der Waals surface area contributed by atoms with Crippen LogP contribution in [0.3, 0.4) is 0 Å². The molecule has 0 atom stereocenters. The van der Waals surface area contributed by atoms with E-state index in [1.54, 1.807) is 23.5 Å². The Hall–Kier alpha value is -4.78. The number of thioether (sulfide) groups is 2. The standard InChI is InChI=1S/C40H34N2O2S2/c1-4-44-40(43)38-36(28-15-21-33(22-16-28)42(31-11-7-5-8-12-31)32-13-9-6-10-14-32)27-37(29-17-23-34(45-2)24-18-29)41-39(38)30-19-25-35(46-3)26-20-30/h5-27H,4H2,1-3H3. The molecule has 6 heteroatoms. The number of anilines is 3. The van der Waals surface area contributed by atoms with Gasteiger partial charge in [-0.15, -0.1) is 23.5 Å². The number of esters is 1. The van der Waals surface area contributed by atoms with Gasteiger partial charge in [0, 0.05) is 43.5 Å². The molecule has 0 amide bonds. The molecule has 0 fully saturated rings. The summed E-state index contributed by atoms with van der Waals surface area (Å²) < 4.78 is 5.66. The molecule has 228 valence electrons. The molecule has 1 heterocycles. The molecule has 0 aliphatic carbocycles. The van der Waals surface area contributed by atoms with Gasteiger partial charge in [-0.2, -0.15) is 0 Å². The highest BCUT2D eigenvalue weighted by atomic mass is 32.2. The largest absolute Gasteiger partial charge is 0.462 e. The van der Waals surface area contributed by atoms with Gasteiger partial charge in [-0.05, 0) is 91.7 Å². The van der Waals surface area contributed by atoms with Crippen LogP contribution in [0.25, 0.3) is 33.6 Å². The minimum atomic E-state index is -0.391. The van der Waals surface area contributed by atoms with Crippen LogP contribution < -0.4 is 4.90 Å². The summed E-state index contributed by atoms with van der Waals surface area (Å²) in [5.41, 5.74) is 8.50. The Bertz CT molecular complexity index is 1870. The van der Waals surface area contributed by atoms with E-state index in [4.69, 9.17) is 9.72 Å². The van der Waals surface area contributed by atoms with Crippen molar-refractivity contribution in [1.29, 1.82) is 0 Å². The molecule has 0 N–H and O–H groups in total. The predicted molar refractivity (Wildman–Crippen MR) is 195 cm³/mol. The molecule has 6 rings (SSSR count). The zero-order valence-corrected chi connectivity index (χ0v) is 27.6. The van der Waals surface area contributed by atoms with Crippen molar-refractivity contribution in [1.82, 2.24) is 4.98 Å². The predicted octanol–water partition coefficient (Wildman–Crippen LogP) is 11.2. The molecule has 0 aliphatic rings. The third-order valence-corrected chi connectivity index (χ3v) is 9.20. The molecule has 0 aliphatic heterocycles. The quantitative estimate of drug-likeness (QED) is 0.110. The fourth-order valence-corrected chi connectivity index (χ4v) is 6.26. The Labute approximate surface area is 279 Å². The highest BCUT2D eigenvalue weighted by Gasteiger charge is 2.24. The molecule has 4 nitrogen and oxygen atoms in total. The second-order valence-electron chi connectivity index (χ2n) is 10.5. The summed E-state index contributed by atoms with van der Waals surface area (Å²) in [7, 11) is 0. The summed E-state index contributed by atoms with van der Waals surface area (Å²) in [4.78, 5) is 23.4. The Kier molecular flexibility index (Phi) is 9.87. The Morgan fingerprint density at radius 3 is 1.61 bits per heavy atom. The Balaban J connectivity index is 1.54. The molecule has 46 heavy (non-hydrogen) atoms. The zero-order chi connectivity index (χ0) is 31.9. The summed E-state index contributed by atoms with van der Waals surface area (Å²) in [5, 5.41) is 0. The maximum absolute atomic E-state index is 13.8. The monoisotopic (exact) mass is 638 g/mol. The van der Waals surface area contributed by atoms with Crippen molar-refractivity contribution >= 4 is 46.6 Å². The molecule has 0 saturated heterocycles. The first-order chi connectivity index (χ1) is 22.6. The third-order valence-electron chi connectivity index (χ3n) is 7.71. The van der Waals surface area contributed by atoms with Gasteiger partial charge in [0.2, 0.25) is 0 Å². The lowest BCUT2D eigenvalue weighted by Gasteiger charge is -2.25. The van der Waals surface area contributed by atoms with Crippen molar-refractivity contribution in [3.8, 4) is 33.6 Å². The van der Waals surface area contributed by atoms with Crippen LogP contribution in [0.15, 0.2) is 149 Å². The highest BCUT2D eigenvalue weighted by molar-refractivity contribution is 7.98. The van der Waals surface area contributed by atoms with Crippen molar-refractivity contribution in [2.75, 3.05) is 24.0 Å². The number of aromatic nitrogens is 1. The molecule has 1 aromatic heterocycles. The van der Waals surface area contributed by atoms with E-state index in [2.05, 4.69) is 102 Å². The number of carbonyl (C=O) groups is 1. The average Bonchev–Trinajstić information content (AvgIpc) is 3.12. The lowest BCUT2D eigenvalue weighted by molar-refractivity contribution is 0.0528. The summed E-state index contributed by atoms with van der Waals surface area (Å²) in [6, 6.07) is 47.6. The molecule has 6 aromatic rings. The number of rotatable bonds is 10. The van der Waals surface area contributed by atoms with Crippen LogP contribution in [-0.4, -0.2) is 30.1 Å². The smallest absolute Gasteiger partial charge is 0.340 e. The van der Waals surface area contributed by atoms with E-state index in [9.17, 15) is 4.79 Å². The maximum Gasteiger partial charge on any atom is 0.340 e. The number of hydrogen-bond acceptors (Lipinski definition) is 6. The van der Waals surface area contributed by atoms with E-state index in [-0.39, 0.29) is 6.61 Å². The number of para-hydroxylation sites is 2. The Morgan fingerprint density at radius 1 is 0.630 bits per heavy atom. The number of benzene rings is 5. The molecule has 0 unspecified atom stereocenters. The van der Waals surface area contributed by atoms with Gasteiger partial charge in [0.1, 0.15) is 0 Å². The van der Waals surface area contributed by atoms with Crippen LogP contribution in [0, 0.1) is 0 Å². The summed E-state index contributed by atoms with van der Waals surface area (Å²) >= 11 is 3.38. The average molecular weight is 639 g/mol. The van der Waals surface area contributed by atoms with Gasteiger partial charge in [-0.3, -0.25) is 0 Å². The number of carbonyl (C=O) groups excluding carboxylic acids is 1. The van der Waals surface area contributed by atoms with Gasteiger partial charge in [0.05, 0.1) is 23.6 Å². The van der Waals surface area contributed by atoms with Crippen molar-refractivity contribution in [3.63, 3.8) is 0 Å². The fraction of sp³-hybridized carbons (Fsp3) is 0.100. The van der Waals surface area contributed by atoms with Crippen LogP contribution in [0.5, 0.6) is 0 Å². The van der Waals surface area contributed by atoms with Gasteiger partial charge in [-0.25, -0.2) is 9.78 Å². The summed E-state index contributed by atoms with van der Waals surface area (Å²) in [6.07, 6.45) is 4.12. The van der Waals surface area contributed by atoms with Crippen molar-refractivity contribution in [2.45, 2.75) is 16.7 Å². The second kappa shape index (κ2) is 14.5. The van der Waals surface area contributed by atoms with Crippen LogP contribution in [-0.2, 0) is 4.74 Å². The highest BCUT2D eigenvalue weighted by Crippen LogP contribution is 2.39. The normalized spacial score (nSPS) is 10.8. The molecular formula is C40H34N2O2S2. The summed E-state index contributed by atoms with van der Waals surface area (Å²) in [6.45, 7) is 2.10. The minimum Gasteiger partial charge on any atom is -0.462 e. The van der Waals surface area contributed by atoms with E-state index in [0.29, 0.717) is 11.3 Å². The van der Waals surface area contributed by atoms with E-state index >= 15 is 0 Å². The van der Waals surface area contributed by atoms with Crippen LogP contribution in [0.2, 0.25) is 0 Å². The lowest BCUT2D eigenvalue weighted by Crippen LogP contribution is -2.11. The van der Waals surface area contributed by atoms with E-state index in [0.717, 1.165) is 49.9 Å². The second-order valence-corrected chi connectivity index (χ2v) is 12.3. The number of hydrogen-bond donors (Lipinski definition) is 0. The van der Waals surface area contributed by atoms with Gasteiger partial charge < -0.3 is 9.64 Å². The molecule has 5 aromatic carbocycles. The first-order valence-electron chi connectivity index (χ1n) is 15.1. The third kappa shape index (κ3) is 6.74. The van der Waals surface area contributed by atoms with Crippen LogP contribution >= 0.6 is 23.5 Å². The number of ether oxygens (including phenoxy) is 1. The summed E-state index contributed by atoms with van der Waals surface area (Å²) in [5.74, 6) is -0.391. The van der Waals surface area contributed by atoms with Crippen molar-refractivity contribution < 1.29 is 9.53 Å². The van der Waals surface area contributed by atoms with Crippen molar-refractivity contribution in [3.05, 3.63) is 145 Å². The Morgan fingerprint density at radius 2 is 1.11 bits per heavy atom. The van der Waals surface area contributed by atoms with Gasteiger partial charge in [0.15, 0.2) is 0 Å². The topological polar surface area (TPSA) is 42.4 Å². The molecular weight excluding hydrogens is 605 g/mol.